The molecule has 0 unspecified atom stereocenters. The lowest BCUT2D eigenvalue weighted by molar-refractivity contribution is 0.0981. The van der Waals surface area contributed by atoms with Gasteiger partial charge in [-0.05, 0) is 54.8 Å². The minimum atomic E-state index is -0.494. The molecule has 0 fully saturated rings. The first-order valence-corrected chi connectivity index (χ1v) is 9.82. The van der Waals surface area contributed by atoms with Gasteiger partial charge >= 0.3 is 6.03 Å². The molecule has 0 spiro atoms. The Balaban J connectivity index is 1.47. The smallest absolute Gasteiger partial charge is 0.319 e. The summed E-state index contributed by atoms with van der Waals surface area (Å²) in [6.45, 7) is 2.29. The summed E-state index contributed by atoms with van der Waals surface area (Å²) in [6, 6.07) is 20.6. The number of amides is 3. The molecule has 1 heterocycles. The molecule has 3 aromatic rings. The van der Waals surface area contributed by atoms with Crippen molar-refractivity contribution in [2.45, 2.75) is 25.9 Å². The van der Waals surface area contributed by atoms with Crippen molar-refractivity contribution in [3.63, 3.8) is 0 Å². The summed E-state index contributed by atoms with van der Waals surface area (Å²) in [6.07, 6.45) is 0.787. The first-order chi connectivity index (χ1) is 14.5. The summed E-state index contributed by atoms with van der Waals surface area (Å²) in [5.41, 5.74) is 3.59. The van der Waals surface area contributed by atoms with Crippen LogP contribution in [0.25, 0.3) is 0 Å². The molecule has 5 nitrogen and oxygen atoms in total. The van der Waals surface area contributed by atoms with Crippen LogP contribution >= 0.6 is 0 Å². The third-order valence-corrected chi connectivity index (χ3v) is 5.18. The first-order valence-electron chi connectivity index (χ1n) is 9.82. The summed E-state index contributed by atoms with van der Waals surface area (Å²) < 4.78 is 13.7. The van der Waals surface area contributed by atoms with Gasteiger partial charge in [0.05, 0.1) is 5.69 Å². The monoisotopic (exact) mass is 403 g/mol. The Morgan fingerprint density at radius 1 is 1.03 bits per heavy atom. The summed E-state index contributed by atoms with van der Waals surface area (Å²) in [4.78, 5) is 27.0. The molecule has 0 aromatic heterocycles. The van der Waals surface area contributed by atoms with Gasteiger partial charge in [0.1, 0.15) is 5.82 Å². The molecule has 0 radical (unpaired) electrons. The van der Waals surface area contributed by atoms with E-state index in [9.17, 15) is 14.0 Å². The lowest BCUT2D eigenvalue weighted by atomic mass is 10.1. The number of benzene rings is 3. The van der Waals surface area contributed by atoms with Crippen LogP contribution < -0.4 is 15.5 Å². The molecular formula is C24H22FN3O2. The van der Waals surface area contributed by atoms with E-state index in [0.29, 0.717) is 5.56 Å². The topological polar surface area (TPSA) is 61.4 Å². The third kappa shape index (κ3) is 4.03. The number of hydrogen-bond donors (Lipinski definition) is 2. The number of rotatable bonds is 4. The van der Waals surface area contributed by atoms with Crippen molar-refractivity contribution >= 4 is 23.3 Å². The van der Waals surface area contributed by atoms with Crippen molar-refractivity contribution in [2.24, 2.45) is 0 Å². The minimum Gasteiger partial charge on any atom is -0.334 e. The molecule has 1 aliphatic rings. The average molecular weight is 403 g/mol. The molecule has 0 bridgehead atoms. The number of urea groups is 1. The molecule has 2 N–H and O–H groups in total. The molecular weight excluding hydrogens is 381 g/mol. The van der Waals surface area contributed by atoms with Crippen LogP contribution in [0.4, 0.5) is 20.6 Å². The van der Waals surface area contributed by atoms with Gasteiger partial charge in [-0.3, -0.25) is 4.79 Å². The molecule has 1 aliphatic heterocycles. The van der Waals surface area contributed by atoms with E-state index in [4.69, 9.17) is 0 Å². The summed E-state index contributed by atoms with van der Waals surface area (Å²) in [7, 11) is 0. The number of fused-ring (bicyclic) bond motifs is 1. The SMILES string of the molecule is C[C@H]1Cc2ccc(CNC(=O)Nc3ccccc3F)cc2N1C(=O)c1ccccc1. The molecule has 4 rings (SSSR count). The zero-order valence-corrected chi connectivity index (χ0v) is 16.6. The van der Waals surface area contributed by atoms with Crippen molar-refractivity contribution in [2.75, 3.05) is 10.2 Å². The molecule has 0 saturated carbocycles. The zero-order valence-electron chi connectivity index (χ0n) is 16.6. The van der Waals surface area contributed by atoms with Crippen molar-refractivity contribution in [3.05, 3.63) is 95.3 Å². The number of carbonyl (C=O) groups excluding carboxylic acids is 2. The number of nitrogens with zero attached hydrogens (tertiary/aromatic N) is 1. The van der Waals surface area contributed by atoms with Crippen LogP contribution in [-0.4, -0.2) is 18.0 Å². The van der Waals surface area contributed by atoms with Crippen LogP contribution in [0.2, 0.25) is 0 Å². The van der Waals surface area contributed by atoms with Gasteiger partial charge in [0.15, 0.2) is 0 Å². The fourth-order valence-electron chi connectivity index (χ4n) is 3.70. The van der Waals surface area contributed by atoms with E-state index in [-0.39, 0.29) is 24.2 Å². The Bertz CT molecular complexity index is 1080. The zero-order chi connectivity index (χ0) is 21.1. The van der Waals surface area contributed by atoms with Crippen LogP contribution in [0.5, 0.6) is 0 Å². The first kappa shape index (κ1) is 19.6. The second kappa shape index (κ2) is 8.37. The van der Waals surface area contributed by atoms with Crippen LogP contribution in [0.15, 0.2) is 72.8 Å². The summed E-state index contributed by atoms with van der Waals surface area (Å²) >= 11 is 0. The van der Waals surface area contributed by atoms with E-state index >= 15 is 0 Å². The van der Waals surface area contributed by atoms with Crippen LogP contribution in [0.1, 0.15) is 28.4 Å². The second-order valence-electron chi connectivity index (χ2n) is 7.34. The van der Waals surface area contributed by atoms with Gasteiger partial charge in [0.25, 0.3) is 5.91 Å². The number of nitrogens with one attached hydrogen (secondary N) is 2. The highest BCUT2D eigenvalue weighted by Gasteiger charge is 2.31. The van der Waals surface area contributed by atoms with Crippen molar-refractivity contribution < 1.29 is 14.0 Å². The average Bonchev–Trinajstić information content (AvgIpc) is 3.09. The van der Waals surface area contributed by atoms with Gasteiger partial charge in [0, 0.05) is 23.8 Å². The van der Waals surface area contributed by atoms with E-state index in [0.717, 1.165) is 23.2 Å². The molecule has 1 atom stereocenters. The largest absolute Gasteiger partial charge is 0.334 e. The van der Waals surface area contributed by atoms with E-state index < -0.39 is 11.8 Å². The Morgan fingerprint density at radius 2 is 1.77 bits per heavy atom. The normalized spacial score (nSPS) is 14.9. The Hall–Kier alpha value is -3.67. The molecule has 3 aromatic carbocycles. The van der Waals surface area contributed by atoms with Gasteiger partial charge in [-0.25, -0.2) is 9.18 Å². The Kier molecular flexibility index (Phi) is 5.48. The number of halogens is 1. The maximum Gasteiger partial charge on any atom is 0.319 e. The number of para-hydroxylation sites is 1. The van der Waals surface area contributed by atoms with Gasteiger partial charge < -0.3 is 15.5 Å². The number of carbonyl (C=O) groups is 2. The maximum absolute atomic E-state index is 13.7. The van der Waals surface area contributed by atoms with E-state index in [1.54, 1.807) is 12.1 Å². The molecule has 6 heteroatoms. The van der Waals surface area contributed by atoms with Gasteiger partial charge in [-0.1, -0.05) is 42.5 Å². The summed E-state index contributed by atoms with van der Waals surface area (Å²) in [5, 5.41) is 5.23. The van der Waals surface area contributed by atoms with Gasteiger partial charge in [-0.2, -0.15) is 0 Å². The van der Waals surface area contributed by atoms with Crippen LogP contribution in [-0.2, 0) is 13.0 Å². The molecule has 0 saturated heterocycles. The van der Waals surface area contributed by atoms with Crippen molar-refractivity contribution in [1.29, 1.82) is 0 Å². The van der Waals surface area contributed by atoms with Gasteiger partial charge in [0.2, 0.25) is 0 Å². The standard InChI is InChI=1S/C24H22FN3O2/c1-16-13-19-12-11-17(15-26-24(30)27-21-10-6-5-9-20(21)25)14-22(19)28(16)23(29)18-7-3-2-4-8-18/h2-12,14,16H,13,15H2,1H3,(H2,26,27,30)/t16-/m0/s1. The van der Waals surface area contributed by atoms with Crippen LogP contribution in [0.3, 0.4) is 0 Å². The summed E-state index contributed by atoms with van der Waals surface area (Å²) in [5.74, 6) is -0.529. The Morgan fingerprint density at radius 3 is 2.53 bits per heavy atom. The molecule has 152 valence electrons. The fraction of sp³-hybridized carbons (Fsp3) is 0.167. The van der Waals surface area contributed by atoms with E-state index in [1.165, 1.54) is 12.1 Å². The second-order valence-corrected chi connectivity index (χ2v) is 7.34. The predicted octanol–water partition coefficient (Wildman–Crippen LogP) is 4.74. The number of anilines is 2. The van der Waals surface area contributed by atoms with E-state index in [2.05, 4.69) is 10.6 Å². The highest BCUT2D eigenvalue weighted by molar-refractivity contribution is 6.07. The maximum atomic E-state index is 13.7. The lowest BCUT2D eigenvalue weighted by Crippen LogP contribution is -2.35. The molecule has 30 heavy (non-hydrogen) atoms. The van der Waals surface area contributed by atoms with Crippen molar-refractivity contribution in [3.8, 4) is 0 Å². The quantitative estimate of drug-likeness (QED) is 0.661. The molecule has 3 amide bonds. The predicted molar refractivity (Wildman–Crippen MR) is 115 cm³/mol. The van der Waals surface area contributed by atoms with Gasteiger partial charge in [-0.15, -0.1) is 0 Å². The highest BCUT2D eigenvalue weighted by Crippen LogP contribution is 2.34. The highest BCUT2D eigenvalue weighted by atomic mass is 19.1. The Labute approximate surface area is 174 Å². The number of hydrogen-bond acceptors (Lipinski definition) is 2. The molecule has 0 aliphatic carbocycles. The lowest BCUT2D eigenvalue weighted by Gasteiger charge is -2.23. The fourth-order valence-corrected chi connectivity index (χ4v) is 3.70. The van der Waals surface area contributed by atoms with Crippen LogP contribution in [0, 0.1) is 5.82 Å². The van der Waals surface area contributed by atoms with Crippen molar-refractivity contribution in [1.82, 2.24) is 5.32 Å². The van der Waals surface area contributed by atoms with E-state index in [1.807, 2.05) is 60.4 Å². The third-order valence-electron chi connectivity index (χ3n) is 5.18. The minimum absolute atomic E-state index is 0.0377.